The number of hydrogen-bond donors (Lipinski definition) is 2. The summed E-state index contributed by atoms with van der Waals surface area (Å²) in [5.41, 5.74) is 0. The van der Waals surface area contributed by atoms with E-state index in [0.29, 0.717) is 10.8 Å². The second-order valence-corrected chi connectivity index (χ2v) is 8.83. The van der Waals surface area contributed by atoms with Crippen molar-refractivity contribution < 1.29 is 30.7 Å². The topological polar surface area (TPSA) is 126 Å². The molecule has 10 heteroatoms. The minimum atomic E-state index is -4.13. The van der Waals surface area contributed by atoms with Crippen LogP contribution in [0.5, 0.6) is 0 Å². The third kappa shape index (κ3) is 7.37. The molecular formula is C22H19NaO7S2. The van der Waals surface area contributed by atoms with Crippen LogP contribution in [0.2, 0.25) is 0 Å². The Morgan fingerprint density at radius 2 is 0.875 bits per heavy atom. The van der Waals surface area contributed by atoms with E-state index in [4.69, 9.17) is 13.9 Å². The summed E-state index contributed by atoms with van der Waals surface area (Å²) in [6.45, 7) is 2.68. The molecule has 7 nitrogen and oxygen atoms in total. The van der Waals surface area contributed by atoms with E-state index in [9.17, 15) is 16.8 Å². The standard InChI is InChI=1S/2C10H8O3S.C2H2O.Na.H/c2*11-14(12,13)10-7-3-5-8-4-1-2-6-9(8)10;1-2-3;;/h2*1-7H,(H,11,12,13);1H2;;. The van der Waals surface area contributed by atoms with Crippen molar-refractivity contribution in [1.29, 1.82) is 0 Å². The molecular weight excluding hydrogens is 463 g/mol. The maximum absolute atomic E-state index is 11.0. The fraction of sp³-hybridized carbons (Fsp3) is 0. The van der Waals surface area contributed by atoms with Crippen molar-refractivity contribution in [3.8, 4) is 0 Å². The second-order valence-electron chi connectivity index (χ2n) is 6.05. The maximum atomic E-state index is 11.0. The summed E-state index contributed by atoms with van der Waals surface area (Å²) in [6.07, 6.45) is 0. The molecule has 4 aromatic carbocycles. The molecule has 4 aromatic rings. The SMILES string of the molecule is C=C=O.O=S(=O)(O)c1cccc2ccccc12.O=S(=O)(O)c1cccc2ccccc12.[NaH]. The zero-order valence-electron chi connectivity index (χ0n) is 16.0. The van der Waals surface area contributed by atoms with Crippen molar-refractivity contribution in [2.24, 2.45) is 0 Å². The van der Waals surface area contributed by atoms with Gasteiger partial charge in [0.15, 0.2) is 0 Å². The van der Waals surface area contributed by atoms with Gasteiger partial charge in [0, 0.05) is 10.8 Å². The molecule has 0 radical (unpaired) electrons. The Balaban J connectivity index is 0.000000278. The van der Waals surface area contributed by atoms with E-state index in [1.54, 1.807) is 60.7 Å². The van der Waals surface area contributed by atoms with Crippen molar-refractivity contribution >= 4 is 77.3 Å². The summed E-state index contributed by atoms with van der Waals surface area (Å²) in [5.74, 6) is 1.25. The summed E-state index contributed by atoms with van der Waals surface area (Å²) in [6, 6.07) is 23.6. The molecule has 0 fully saturated rings. The van der Waals surface area contributed by atoms with Gasteiger partial charge in [0.1, 0.15) is 15.7 Å². The van der Waals surface area contributed by atoms with E-state index >= 15 is 0 Å². The van der Waals surface area contributed by atoms with Gasteiger partial charge in [-0.2, -0.15) is 16.8 Å². The summed E-state index contributed by atoms with van der Waals surface area (Å²) >= 11 is 0. The predicted octanol–water partition coefficient (Wildman–Crippen LogP) is 3.53. The molecule has 0 saturated heterocycles. The van der Waals surface area contributed by atoms with E-state index in [-0.39, 0.29) is 39.3 Å². The molecule has 2 N–H and O–H groups in total. The first-order valence-corrected chi connectivity index (χ1v) is 11.5. The van der Waals surface area contributed by atoms with Gasteiger partial charge in [-0.05, 0) is 29.5 Å². The quantitative estimate of drug-likeness (QED) is 0.254. The molecule has 0 aliphatic rings. The monoisotopic (exact) mass is 482 g/mol. The Bertz CT molecular complexity index is 1340. The Morgan fingerprint density at radius 3 is 1.19 bits per heavy atom. The molecule has 0 spiro atoms. The van der Waals surface area contributed by atoms with Crippen molar-refractivity contribution in [2.75, 3.05) is 0 Å². The van der Waals surface area contributed by atoms with E-state index in [0.717, 1.165) is 10.8 Å². The van der Waals surface area contributed by atoms with Crippen molar-refractivity contribution in [1.82, 2.24) is 0 Å². The number of benzene rings is 4. The zero-order chi connectivity index (χ0) is 23.1. The van der Waals surface area contributed by atoms with Crippen molar-refractivity contribution in [2.45, 2.75) is 9.79 Å². The van der Waals surface area contributed by atoms with Gasteiger partial charge in [0.25, 0.3) is 20.2 Å². The molecule has 0 atom stereocenters. The molecule has 0 aliphatic carbocycles. The van der Waals surface area contributed by atoms with E-state index in [1.807, 2.05) is 12.1 Å². The normalized spacial score (nSPS) is 10.6. The summed E-state index contributed by atoms with van der Waals surface area (Å²) in [5, 5.41) is 2.67. The van der Waals surface area contributed by atoms with Crippen LogP contribution in [0.25, 0.3) is 21.5 Å². The number of rotatable bonds is 2. The summed E-state index contributed by atoms with van der Waals surface area (Å²) in [4.78, 5) is 8.48. The molecule has 4 rings (SSSR count). The van der Waals surface area contributed by atoms with Crippen LogP contribution in [0.4, 0.5) is 0 Å². The predicted molar refractivity (Wildman–Crippen MR) is 126 cm³/mol. The van der Waals surface area contributed by atoms with Crippen LogP contribution in [0.1, 0.15) is 0 Å². The molecule has 0 amide bonds. The second kappa shape index (κ2) is 12.1. The van der Waals surface area contributed by atoms with Crippen LogP contribution >= 0.6 is 0 Å². The van der Waals surface area contributed by atoms with Gasteiger partial charge < -0.3 is 0 Å². The first-order valence-electron chi connectivity index (χ1n) is 8.64. The number of hydrogen-bond acceptors (Lipinski definition) is 5. The fourth-order valence-corrected chi connectivity index (χ4v) is 4.27. The van der Waals surface area contributed by atoms with Crippen LogP contribution < -0.4 is 0 Å². The number of carbonyl (C=O) groups excluding carboxylic acids is 1. The first-order chi connectivity index (χ1) is 14.6. The van der Waals surface area contributed by atoms with Crippen LogP contribution in [-0.2, 0) is 25.0 Å². The molecule has 32 heavy (non-hydrogen) atoms. The Kier molecular flexibility index (Phi) is 10.4. The Morgan fingerprint density at radius 1 is 0.594 bits per heavy atom. The fourth-order valence-electron chi connectivity index (χ4n) is 2.84. The van der Waals surface area contributed by atoms with Gasteiger partial charge >= 0.3 is 29.6 Å². The van der Waals surface area contributed by atoms with Crippen LogP contribution in [-0.4, -0.2) is 61.4 Å². The van der Waals surface area contributed by atoms with Crippen LogP contribution in [0, 0.1) is 0 Å². The van der Waals surface area contributed by atoms with Gasteiger partial charge in [-0.15, -0.1) is 0 Å². The third-order valence-electron chi connectivity index (χ3n) is 4.06. The minimum absolute atomic E-state index is 0. The van der Waals surface area contributed by atoms with E-state index in [2.05, 4.69) is 6.58 Å². The molecule has 0 heterocycles. The molecule has 0 aromatic heterocycles. The number of fused-ring (bicyclic) bond motifs is 2. The Labute approximate surface area is 208 Å². The molecule has 0 saturated carbocycles. The third-order valence-corrected chi connectivity index (χ3v) is 5.88. The van der Waals surface area contributed by atoms with Crippen molar-refractivity contribution in [3.63, 3.8) is 0 Å². The average molecular weight is 483 g/mol. The first kappa shape index (κ1) is 27.7. The van der Waals surface area contributed by atoms with Crippen LogP contribution in [0.3, 0.4) is 0 Å². The molecule has 0 aliphatic heterocycles. The van der Waals surface area contributed by atoms with E-state index in [1.165, 1.54) is 18.1 Å². The van der Waals surface area contributed by atoms with Crippen LogP contribution in [0.15, 0.2) is 101 Å². The Hall–Kier alpha value is -2.33. The summed E-state index contributed by atoms with van der Waals surface area (Å²) < 4.78 is 61.9. The van der Waals surface area contributed by atoms with Gasteiger partial charge in [0.2, 0.25) is 0 Å². The van der Waals surface area contributed by atoms with Gasteiger partial charge in [0.05, 0.1) is 0 Å². The van der Waals surface area contributed by atoms with Gasteiger partial charge in [-0.25, -0.2) is 4.79 Å². The van der Waals surface area contributed by atoms with E-state index < -0.39 is 20.2 Å². The van der Waals surface area contributed by atoms with Gasteiger partial charge in [-0.3, -0.25) is 9.11 Å². The molecule has 162 valence electrons. The molecule has 0 unspecified atom stereocenters. The van der Waals surface area contributed by atoms with Gasteiger partial charge in [-0.1, -0.05) is 72.8 Å². The molecule has 0 bridgehead atoms. The van der Waals surface area contributed by atoms with Crippen molar-refractivity contribution in [3.05, 3.63) is 91.5 Å². The zero-order valence-corrected chi connectivity index (χ0v) is 17.7. The average Bonchev–Trinajstić information content (AvgIpc) is 2.72. The summed E-state index contributed by atoms with van der Waals surface area (Å²) in [7, 11) is -8.26.